The van der Waals surface area contributed by atoms with E-state index in [9.17, 15) is 14.7 Å². The molecule has 156 valence electrons. The van der Waals surface area contributed by atoms with Crippen LogP contribution >= 0.6 is 11.6 Å². The van der Waals surface area contributed by atoms with E-state index in [1.54, 1.807) is 36.9 Å². The highest BCUT2D eigenvalue weighted by Gasteiger charge is 2.25. The number of hydrogen-bond donors (Lipinski definition) is 2. The van der Waals surface area contributed by atoms with Crippen LogP contribution in [0, 0.1) is 11.3 Å². The lowest BCUT2D eigenvalue weighted by Crippen LogP contribution is -2.39. The molecule has 1 aliphatic carbocycles. The monoisotopic (exact) mass is 428 g/mol. The topological polar surface area (TPSA) is 118 Å². The number of halogens is 1. The number of nitriles is 1. The fourth-order valence-corrected chi connectivity index (χ4v) is 4.16. The summed E-state index contributed by atoms with van der Waals surface area (Å²) in [6.07, 6.45) is 1.82. The minimum Gasteiger partial charge on any atom is -0.393 e. The van der Waals surface area contributed by atoms with Crippen molar-refractivity contribution >= 4 is 28.7 Å². The maximum Gasteiger partial charge on any atom is 0.332 e. The van der Waals surface area contributed by atoms with Crippen molar-refractivity contribution in [3.63, 3.8) is 0 Å². The number of aryl methyl sites for hydroxylation is 2. The predicted octanol–water partition coefficient (Wildman–Crippen LogP) is 1.33. The van der Waals surface area contributed by atoms with E-state index in [2.05, 4.69) is 10.3 Å². The number of fused-ring (bicyclic) bond motifs is 1. The maximum atomic E-state index is 13.2. The fraction of sp³-hybridized carbons (Fsp3) is 0.400. The molecule has 0 saturated heterocycles. The van der Waals surface area contributed by atoms with E-state index >= 15 is 0 Å². The Morgan fingerprint density at radius 3 is 2.70 bits per heavy atom. The van der Waals surface area contributed by atoms with E-state index in [-0.39, 0.29) is 23.7 Å². The number of rotatable bonds is 4. The smallest absolute Gasteiger partial charge is 0.332 e. The van der Waals surface area contributed by atoms with Crippen LogP contribution in [0.3, 0.4) is 0 Å². The molecule has 10 heteroatoms. The zero-order valence-corrected chi connectivity index (χ0v) is 17.3. The third kappa shape index (κ3) is 3.38. The van der Waals surface area contributed by atoms with Crippen molar-refractivity contribution in [2.75, 3.05) is 5.32 Å². The summed E-state index contributed by atoms with van der Waals surface area (Å²) in [6, 6.07) is 6.86. The minimum atomic E-state index is -0.492. The number of aliphatic hydroxyl groups is 1. The SMILES string of the molecule is Cn1c(N[C@H]2CC[C@H](O)C2)nc2c1c(=O)n(Cc1ccc(C#N)c(Cl)c1)c(=O)n2C. The number of aliphatic hydroxyl groups excluding tert-OH is 1. The summed E-state index contributed by atoms with van der Waals surface area (Å²) >= 11 is 6.09. The number of nitrogens with one attached hydrogen (secondary N) is 1. The van der Waals surface area contributed by atoms with Gasteiger partial charge < -0.3 is 15.0 Å². The van der Waals surface area contributed by atoms with Crippen molar-refractivity contribution in [3.05, 3.63) is 55.2 Å². The van der Waals surface area contributed by atoms with Gasteiger partial charge in [0.25, 0.3) is 5.56 Å². The van der Waals surface area contributed by atoms with Gasteiger partial charge in [-0.25, -0.2) is 4.79 Å². The third-order valence-corrected chi connectivity index (χ3v) is 5.91. The summed E-state index contributed by atoms with van der Waals surface area (Å²) in [7, 11) is 3.29. The molecule has 9 nitrogen and oxygen atoms in total. The summed E-state index contributed by atoms with van der Waals surface area (Å²) in [4.78, 5) is 30.5. The Hall–Kier alpha value is -3.09. The molecule has 0 amide bonds. The molecule has 0 bridgehead atoms. The first-order chi connectivity index (χ1) is 14.3. The highest BCUT2D eigenvalue weighted by Crippen LogP contribution is 2.23. The Bertz CT molecular complexity index is 1300. The molecule has 0 aliphatic heterocycles. The maximum absolute atomic E-state index is 13.2. The zero-order chi connectivity index (χ0) is 21.6. The zero-order valence-electron chi connectivity index (χ0n) is 16.6. The largest absolute Gasteiger partial charge is 0.393 e. The quantitative estimate of drug-likeness (QED) is 0.647. The van der Waals surface area contributed by atoms with Gasteiger partial charge in [-0.3, -0.25) is 13.9 Å². The number of anilines is 1. The highest BCUT2D eigenvalue weighted by molar-refractivity contribution is 6.31. The molecule has 0 spiro atoms. The van der Waals surface area contributed by atoms with Gasteiger partial charge in [0, 0.05) is 20.1 Å². The molecule has 30 heavy (non-hydrogen) atoms. The second-order valence-electron chi connectivity index (χ2n) is 7.63. The first-order valence-corrected chi connectivity index (χ1v) is 9.97. The Kier molecular flexibility index (Phi) is 5.13. The van der Waals surface area contributed by atoms with E-state index < -0.39 is 11.2 Å². The molecule has 2 N–H and O–H groups in total. The normalized spacial score (nSPS) is 18.6. The van der Waals surface area contributed by atoms with Crippen molar-refractivity contribution in [1.29, 1.82) is 5.26 Å². The summed E-state index contributed by atoms with van der Waals surface area (Å²) in [6.45, 7) is 0.0234. The Balaban J connectivity index is 1.77. The van der Waals surface area contributed by atoms with Crippen molar-refractivity contribution in [2.24, 2.45) is 14.1 Å². The first-order valence-electron chi connectivity index (χ1n) is 9.59. The minimum absolute atomic E-state index is 0.0234. The van der Waals surface area contributed by atoms with Crippen LogP contribution in [0.15, 0.2) is 27.8 Å². The molecule has 2 heterocycles. The van der Waals surface area contributed by atoms with Gasteiger partial charge in [-0.2, -0.15) is 10.2 Å². The molecule has 0 radical (unpaired) electrons. The van der Waals surface area contributed by atoms with Crippen molar-refractivity contribution in [2.45, 2.75) is 38.0 Å². The van der Waals surface area contributed by atoms with Gasteiger partial charge in [-0.05, 0) is 37.0 Å². The van der Waals surface area contributed by atoms with Gasteiger partial charge in [0.15, 0.2) is 11.2 Å². The van der Waals surface area contributed by atoms with Gasteiger partial charge in [-0.15, -0.1) is 0 Å². The number of aromatic nitrogens is 4. The fourth-order valence-electron chi connectivity index (χ4n) is 3.91. The number of imidazole rings is 1. The van der Waals surface area contributed by atoms with Crippen LogP contribution in [0.5, 0.6) is 0 Å². The molecule has 2 atom stereocenters. The molecule has 1 fully saturated rings. The molecule has 0 unspecified atom stereocenters. The van der Waals surface area contributed by atoms with E-state index in [1.165, 1.54) is 4.57 Å². The molecular weight excluding hydrogens is 408 g/mol. The molecule has 1 aromatic carbocycles. The second kappa shape index (κ2) is 7.63. The molecular formula is C20H21ClN6O3. The number of nitrogens with zero attached hydrogens (tertiary/aromatic N) is 5. The van der Waals surface area contributed by atoms with Crippen LogP contribution in [0.25, 0.3) is 11.2 Å². The summed E-state index contributed by atoms with van der Waals surface area (Å²) in [5, 5.41) is 22.3. The van der Waals surface area contributed by atoms with E-state index in [0.717, 1.165) is 17.4 Å². The Labute approximate surface area is 176 Å². The molecule has 1 saturated carbocycles. The van der Waals surface area contributed by atoms with Gasteiger partial charge in [0.2, 0.25) is 5.95 Å². The number of hydrogen-bond acceptors (Lipinski definition) is 6. The molecule has 2 aromatic heterocycles. The summed E-state index contributed by atoms with van der Waals surface area (Å²) < 4.78 is 4.12. The Morgan fingerprint density at radius 2 is 2.07 bits per heavy atom. The van der Waals surface area contributed by atoms with Crippen molar-refractivity contribution in [3.8, 4) is 6.07 Å². The van der Waals surface area contributed by atoms with Gasteiger partial charge >= 0.3 is 5.69 Å². The van der Waals surface area contributed by atoms with Gasteiger partial charge in [-0.1, -0.05) is 17.7 Å². The summed E-state index contributed by atoms with van der Waals surface area (Å²) in [5.41, 5.74) is 0.617. The molecule has 4 rings (SSSR count). The molecule has 3 aromatic rings. The van der Waals surface area contributed by atoms with Gasteiger partial charge in [0.1, 0.15) is 6.07 Å². The van der Waals surface area contributed by atoms with Crippen LogP contribution in [0.1, 0.15) is 30.4 Å². The van der Waals surface area contributed by atoms with E-state index in [0.29, 0.717) is 34.7 Å². The van der Waals surface area contributed by atoms with Crippen LogP contribution in [0.2, 0.25) is 5.02 Å². The highest BCUT2D eigenvalue weighted by atomic mass is 35.5. The summed E-state index contributed by atoms with van der Waals surface area (Å²) in [5.74, 6) is 0.482. The average Bonchev–Trinajstić information content (AvgIpc) is 3.27. The standard InChI is InChI=1S/C20H21ClN6O3/c1-25-16-17(24-19(25)23-13-5-6-14(28)8-13)26(2)20(30)27(18(16)29)10-11-3-4-12(9-22)15(21)7-11/h3-4,7,13-14,28H,5-6,8,10H2,1-2H3,(H,23,24)/t13-,14-/m0/s1. The van der Waals surface area contributed by atoms with Crippen LogP contribution < -0.4 is 16.6 Å². The van der Waals surface area contributed by atoms with Crippen molar-refractivity contribution in [1.82, 2.24) is 18.7 Å². The lowest BCUT2D eigenvalue weighted by Gasteiger charge is -2.12. The lowest BCUT2D eigenvalue weighted by molar-refractivity contribution is 0.182. The van der Waals surface area contributed by atoms with E-state index in [1.807, 2.05) is 6.07 Å². The lowest BCUT2D eigenvalue weighted by atomic mass is 10.1. The first kappa shape index (κ1) is 20.2. The third-order valence-electron chi connectivity index (χ3n) is 5.59. The van der Waals surface area contributed by atoms with Crippen LogP contribution in [0.4, 0.5) is 5.95 Å². The Morgan fingerprint density at radius 1 is 1.30 bits per heavy atom. The number of benzene rings is 1. The van der Waals surface area contributed by atoms with E-state index in [4.69, 9.17) is 16.9 Å². The molecule has 1 aliphatic rings. The van der Waals surface area contributed by atoms with Gasteiger partial charge in [0.05, 0.1) is 23.2 Å². The average molecular weight is 429 g/mol. The second-order valence-corrected chi connectivity index (χ2v) is 8.04. The van der Waals surface area contributed by atoms with Crippen LogP contribution in [-0.4, -0.2) is 35.9 Å². The predicted molar refractivity (Wildman–Crippen MR) is 113 cm³/mol. The van der Waals surface area contributed by atoms with Crippen LogP contribution in [-0.2, 0) is 20.6 Å². The van der Waals surface area contributed by atoms with Crippen molar-refractivity contribution < 1.29 is 5.11 Å².